The molecular formula is C13H17NO4. The first-order chi connectivity index (χ1) is 8.52. The van der Waals surface area contributed by atoms with E-state index < -0.39 is 5.97 Å². The van der Waals surface area contributed by atoms with Crippen LogP contribution in [0.4, 0.5) is 0 Å². The molecule has 0 radical (unpaired) electrons. The lowest BCUT2D eigenvalue weighted by Crippen LogP contribution is -2.35. The molecule has 1 atom stereocenters. The number of carbonyl (C=O) groups excluding carboxylic acids is 2. The van der Waals surface area contributed by atoms with E-state index in [4.69, 9.17) is 4.74 Å². The van der Waals surface area contributed by atoms with E-state index in [1.54, 1.807) is 0 Å². The summed E-state index contributed by atoms with van der Waals surface area (Å²) >= 11 is 0. The second-order valence-corrected chi connectivity index (χ2v) is 4.00. The molecular weight excluding hydrogens is 234 g/mol. The van der Waals surface area contributed by atoms with E-state index in [-0.39, 0.29) is 29.9 Å². The van der Waals surface area contributed by atoms with E-state index in [9.17, 15) is 14.7 Å². The standard InChI is InChI=1S/C13H17NO4/c1-3-9(2)14-12(16)8-18-13(17)10-5-4-6-11(15)7-10/h4-7,9,15H,3,8H2,1-2H3,(H,14,16)/t9-/m1/s1. The van der Waals surface area contributed by atoms with Gasteiger partial charge in [0.1, 0.15) is 5.75 Å². The maximum atomic E-state index is 11.5. The van der Waals surface area contributed by atoms with E-state index in [1.165, 1.54) is 24.3 Å². The highest BCUT2D eigenvalue weighted by Crippen LogP contribution is 2.11. The molecule has 98 valence electrons. The number of esters is 1. The lowest BCUT2D eigenvalue weighted by atomic mass is 10.2. The van der Waals surface area contributed by atoms with Crippen molar-refractivity contribution >= 4 is 11.9 Å². The van der Waals surface area contributed by atoms with Crippen LogP contribution >= 0.6 is 0 Å². The second kappa shape index (κ2) is 6.64. The van der Waals surface area contributed by atoms with Gasteiger partial charge in [0.15, 0.2) is 6.61 Å². The Balaban J connectivity index is 2.44. The van der Waals surface area contributed by atoms with Crippen LogP contribution in [-0.2, 0) is 9.53 Å². The summed E-state index contributed by atoms with van der Waals surface area (Å²) in [6.45, 7) is 3.50. The number of benzene rings is 1. The maximum absolute atomic E-state index is 11.5. The fraction of sp³-hybridized carbons (Fsp3) is 0.385. The minimum atomic E-state index is -0.634. The number of carbonyl (C=O) groups is 2. The fourth-order valence-electron chi connectivity index (χ4n) is 1.27. The molecule has 0 fully saturated rings. The van der Waals surface area contributed by atoms with Crippen LogP contribution in [0.5, 0.6) is 5.75 Å². The Morgan fingerprint density at radius 3 is 2.78 bits per heavy atom. The lowest BCUT2D eigenvalue weighted by Gasteiger charge is -2.11. The maximum Gasteiger partial charge on any atom is 0.338 e. The quantitative estimate of drug-likeness (QED) is 0.777. The highest BCUT2D eigenvalue weighted by atomic mass is 16.5. The number of phenols is 1. The first kappa shape index (κ1) is 14.0. The van der Waals surface area contributed by atoms with Gasteiger partial charge in [0, 0.05) is 6.04 Å². The molecule has 5 nitrogen and oxygen atoms in total. The lowest BCUT2D eigenvalue weighted by molar-refractivity contribution is -0.124. The smallest absolute Gasteiger partial charge is 0.338 e. The Morgan fingerprint density at radius 1 is 1.44 bits per heavy atom. The largest absolute Gasteiger partial charge is 0.508 e. The zero-order valence-corrected chi connectivity index (χ0v) is 10.5. The molecule has 0 aliphatic carbocycles. The van der Waals surface area contributed by atoms with Crippen LogP contribution in [0.3, 0.4) is 0 Å². The van der Waals surface area contributed by atoms with Gasteiger partial charge in [0.2, 0.25) is 0 Å². The average molecular weight is 251 g/mol. The molecule has 2 N–H and O–H groups in total. The Hall–Kier alpha value is -2.04. The molecule has 1 aromatic rings. The number of hydrogen-bond acceptors (Lipinski definition) is 4. The Kier molecular flexibility index (Phi) is 5.17. The monoisotopic (exact) mass is 251 g/mol. The third-order valence-electron chi connectivity index (χ3n) is 2.44. The number of amides is 1. The third-order valence-corrected chi connectivity index (χ3v) is 2.44. The molecule has 0 unspecified atom stereocenters. The van der Waals surface area contributed by atoms with Crippen molar-refractivity contribution in [2.45, 2.75) is 26.3 Å². The van der Waals surface area contributed by atoms with Crippen LogP contribution in [0.15, 0.2) is 24.3 Å². The van der Waals surface area contributed by atoms with Crippen molar-refractivity contribution in [3.63, 3.8) is 0 Å². The summed E-state index contributed by atoms with van der Waals surface area (Å²) < 4.78 is 4.83. The normalized spacial score (nSPS) is 11.7. The molecule has 0 bridgehead atoms. The van der Waals surface area contributed by atoms with E-state index in [0.717, 1.165) is 6.42 Å². The molecule has 0 spiro atoms. The summed E-state index contributed by atoms with van der Waals surface area (Å²) in [5.41, 5.74) is 0.214. The summed E-state index contributed by atoms with van der Waals surface area (Å²) in [5, 5.41) is 11.9. The van der Waals surface area contributed by atoms with Gasteiger partial charge in [0.25, 0.3) is 5.91 Å². The van der Waals surface area contributed by atoms with E-state index in [2.05, 4.69) is 5.32 Å². The predicted octanol–water partition coefficient (Wildman–Crippen LogP) is 1.46. The second-order valence-electron chi connectivity index (χ2n) is 4.00. The van der Waals surface area contributed by atoms with Crippen LogP contribution in [-0.4, -0.2) is 29.6 Å². The molecule has 0 aliphatic rings. The summed E-state index contributed by atoms with van der Waals surface area (Å²) in [4.78, 5) is 22.9. The Morgan fingerprint density at radius 2 is 2.17 bits per heavy atom. The van der Waals surface area contributed by atoms with Crippen molar-refractivity contribution in [2.75, 3.05) is 6.61 Å². The first-order valence-electron chi connectivity index (χ1n) is 5.78. The van der Waals surface area contributed by atoms with Gasteiger partial charge < -0.3 is 15.2 Å². The number of aromatic hydroxyl groups is 1. The molecule has 0 aliphatic heterocycles. The van der Waals surface area contributed by atoms with Gasteiger partial charge in [-0.25, -0.2) is 4.79 Å². The van der Waals surface area contributed by atoms with Gasteiger partial charge in [-0.05, 0) is 31.5 Å². The van der Waals surface area contributed by atoms with Gasteiger partial charge >= 0.3 is 5.97 Å². The molecule has 0 aromatic heterocycles. The summed E-state index contributed by atoms with van der Waals surface area (Å²) in [6, 6.07) is 5.83. The molecule has 0 heterocycles. The number of rotatable bonds is 5. The number of phenolic OH excluding ortho intramolecular Hbond substituents is 1. The minimum Gasteiger partial charge on any atom is -0.508 e. The Labute approximate surface area is 106 Å². The van der Waals surface area contributed by atoms with Crippen LogP contribution in [0.25, 0.3) is 0 Å². The van der Waals surface area contributed by atoms with Gasteiger partial charge in [-0.2, -0.15) is 0 Å². The van der Waals surface area contributed by atoms with Gasteiger partial charge in [0.05, 0.1) is 5.56 Å². The van der Waals surface area contributed by atoms with Crippen molar-refractivity contribution < 1.29 is 19.4 Å². The zero-order valence-electron chi connectivity index (χ0n) is 10.5. The molecule has 18 heavy (non-hydrogen) atoms. The summed E-state index contributed by atoms with van der Waals surface area (Å²) in [5.74, 6) is -0.989. The number of hydrogen-bond donors (Lipinski definition) is 2. The molecule has 0 saturated carbocycles. The van der Waals surface area contributed by atoms with Crippen molar-refractivity contribution in [3.05, 3.63) is 29.8 Å². The van der Waals surface area contributed by atoms with E-state index in [1.807, 2.05) is 13.8 Å². The van der Waals surface area contributed by atoms with Crippen molar-refractivity contribution in [2.24, 2.45) is 0 Å². The first-order valence-corrected chi connectivity index (χ1v) is 5.78. The predicted molar refractivity (Wildman–Crippen MR) is 66.3 cm³/mol. The van der Waals surface area contributed by atoms with Crippen LogP contribution in [0, 0.1) is 0 Å². The van der Waals surface area contributed by atoms with Crippen molar-refractivity contribution in [1.29, 1.82) is 0 Å². The van der Waals surface area contributed by atoms with Gasteiger partial charge in [-0.1, -0.05) is 13.0 Å². The van der Waals surface area contributed by atoms with Crippen molar-refractivity contribution in [3.8, 4) is 5.75 Å². The SMILES string of the molecule is CC[C@@H](C)NC(=O)COC(=O)c1cccc(O)c1. The van der Waals surface area contributed by atoms with Gasteiger partial charge in [-0.15, -0.1) is 0 Å². The van der Waals surface area contributed by atoms with E-state index >= 15 is 0 Å². The highest BCUT2D eigenvalue weighted by molar-refractivity contribution is 5.91. The fourth-order valence-corrected chi connectivity index (χ4v) is 1.27. The average Bonchev–Trinajstić information content (AvgIpc) is 2.35. The summed E-state index contributed by atoms with van der Waals surface area (Å²) in [7, 11) is 0. The van der Waals surface area contributed by atoms with Gasteiger partial charge in [-0.3, -0.25) is 4.79 Å². The molecule has 1 rings (SSSR count). The number of nitrogens with one attached hydrogen (secondary N) is 1. The molecule has 0 saturated heterocycles. The molecule has 1 amide bonds. The Bertz CT molecular complexity index is 431. The number of ether oxygens (including phenoxy) is 1. The topological polar surface area (TPSA) is 75.6 Å². The van der Waals surface area contributed by atoms with Crippen molar-refractivity contribution in [1.82, 2.24) is 5.32 Å². The van der Waals surface area contributed by atoms with Crippen LogP contribution in [0.2, 0.25) is 0 Å². The summed E-state index contributed by atoms with van der Waals surface area (Å²) in [6.07, 6.45) is 0.812. The van der Waals surface area contributed by atoms with E-state index in [0.29, 0.717) is 0 Å². The van der Waals surface area contributed by atoms with Crippen LogP contribution < -0.4 is 5.32 Å². The minimum absolute atomic E-state index is 0.0199. The van der Waals surface area contributed by atoms with Crippen LogP contribution in [0.1, 0.15) is 30.6 Å². The molecule has 1 aromatic carbocycles. The highest BCUT2D eigenvalue weighted by Gasteiger charge is 2.11. The molecule has 5 heteroatoms. The zero-order chi connectivity index (χ0) is 13.5. The third kappa shape index (κ3) is 4.45.